The Kier molecular flexibility index (Phi) is 5.62. The molecule has 0 heterocycles. The van der Waals surface area contributed by atoms with Gasteiger partial charge in [0, 0.05) is 5.56 Å². The fourth-order valence-electron chi connectivity index (χ4n) is 0.891. The Balaban J connectivity index is 0.00000169. The molecule has 0 aliphatic carbocycles. The molecule has 0 spiro atoms. The fraction of sp³-hybridized carbons (Fsp3) is 0.125. The maximum Gasteiger partial charge on any atom is 0.192 e. The molecule has 2 N–H and O–H groups in total. The van der Waals surface area contributed by atoms with Crippen LogP contribution < -0.4 is 15.2 Å². The third-order valence-electron chi connectivity index (χ3n) is 1.48. The van der Waals surface area contributed by atoms with Crippen LogP contribution in [-0.2, 0) is 0 Å². The van der Waals surface area contributed by atoms with Gasteiger partial charge in [-0.3, -0.25) is 10.0 Å². The summed E-state index contributed by atoms with van der Waals surface area (Å²) < 4.78 is 4.91. The van der Waals surface area contributed by atoms with Gasteiger partial charge in [0.2, 0.25) is 0 Å². The lowest BCUT2D eigenvalue weighted by atomic mass is 10.2. The molecule has 0 radical (unpaired) electrons. The monoisotopic (exact) mass is 219 g/mol. The summed E-state index contributed by atoms with van der Waals surface area (Å²) in [5.74, 6) is 0.668. The lowest BCUT2D eigenvalue weighted by Crippen LogP contribution is -2.12. The van der Waals surface area contributed by atoms with Crippen molar-refractivity contribution in [3.05, 3.63) is 23.8 Å². The summed E-state index contributed by atoms with van der Waals surface area (Å²) in [5, 5.41) is 8.27. The van der Waals surface area contributed by atoms with E-state index >= 15 is 0 Å². The van der Waals surface area contributed by atoms with Gasteiger partial charge >= 0.3 is 0 Å². The van der Waals surface area contributed by atoms with Crippen LogP contribution in [-0.4, -0.2) is 18.6 Å². The minimum absolute atomic E-state index is 0. The minimum atomic E-state index is 0. The zero-order valence-electron chi connectivity index (χ0n) is 7.39. The van der Waals surface area contributed by atoms with Gasteiger partial charge in [0.1, 0.15) is 6.29 Å². The van der Waals surface area contributed by atoms with E-state index in [4.69, 9.17) is 9.94 Å². The van der Waals surface area contributed by atoms with Crippen LogP contribution in [0.15, 0.2) is 18.2 Å². The minimum Gasteiger partial charge on any atom is -0.493 e. The zero-order valence-corrected chi connectivity index (χ0v) is 8.21. The number of ether oxygens (including phenoxy) is 1. The van der Waals surface area contributed by atoms with Gasteiger partial charge in [-0.15, -0.1) is 12.4 Å². The van der Waals surface area contributed by atoms with Crippen LogP contribution in [0.4, 0.5) is 0 Å². The molecule has 0 aromatic heterocycles. The van der Waals surface area contributed by atoms with Gasteiger partial charge in [-0.25, -0.2) is 0 Å². The van der Waals surface area contributed by atoms with Gasteiger partial charge in [-0.2, -0.15) is 0 Å². The molecule has 1 aromatic carbocycles. The molecule has 1 rings (SSSR count). The average molecular weight is 220 g/mol. The molecule has 5 nitrogen and oxygen atoms in total. The molecule has 0 atom stereocenters. The number of carbonyl (C=O) groups is 1. The molecule has 0 bridgehead atoms. The predicted molar refractivity (Wildman–Crippen MR) is 51.2 cm³/mol. The third-order valence-corrected chi connectivity index (χ3v) is 1.48. The summed E-state index contributed by atoms with van der Waals surface area (Å²) in [7, 11) is 1.44. The third kappa shape index (κ3) is 2.88. The van der Waals surface area contributed by atoms with Crippen LogP contribution in [0.5, 0.6) is 11.5 Å². The largest absolute Gasteiger partial charge is 0.493 e. The van der Waals surface area contributed by atoms with Gasteiger partial charge in [0.25, 0.3) is 0 Å². The molecule has 1 aromatic rings. The first kappa shape index (κ1) is 12.7. The second-order valence-corrected chi connectivity index (χ2v) is 2.22. The number of methoxy groups -OCH3 is 1. The molecule has 0 saturated heterocycles. The Labute approximate surface area is 87.0 Å². The number of hydrogen-bond donors (Lipinski definition) is 2. The van der Waals surface area contributed by atoms with Crippen LogP contribution >= 0.6 is 12.4 Å². The lowest BCUT2D eigenvalue weighted by Gasteiger charge is -2.07. The van der Waals surface area contributed by atoms with E-state index in [9.17, 15) is 4.79 Å². The van der Waals surface area contributed by atoms with E-state index in [0.29, 0.717) is 23.3 Å². The second kappa shape index (κ2) is 6.20. The van der Waals surface area contributed by atoms with Gasteiger partial charge in [0.15, 0.2) is 11.5 Å². The molecule has 0 aliphatic heterocycles. The zero-order chi connectivity index (χ0) is 9.68. The molecule has 0 fully saturated rings. The second-order valence-electron chi connectivity index (χ2n) is 2.22. The van der Waals surface area contributed by atoms with Crippen molar-refractivity contribution in [1.29, 1.82) is 0 Å². The summed E-state index contributed by atoms with van der Waals surface area (Å²) in [4.78, 5) is 15.0. The van der Waals surface area contributed by atoms with Crippen molar-refractivity contribution >= 4 is 18.7 Å². The van der Waals surface area contributed by atoms with E-state index in [1.807, 2.05) is 0 Å². The van der Waals surface area contributed by atoms with Gasteiger partial charge in [-0.1, -0.05) is 0 Å². The molecule has 0 aliphatic rings. The van der Waals surface area contributed by atoms with Crippen LogP contribution in [0, 0.1) is 0 Å². The topological polar surface area (TPSA) is 67.8 Å². The predicted octanol–water partition coefficient (Wildman–Crippen LogP) is 1.20. The van der Waals surface area contributed by atoms with E-state index < -0.39 is 0 Å². The van der Waals surface area contributed by atoms with Crippen molar-refractivity contribution in [3.63, 3.8) is 0 Å². The number of aldehydes is 1. The Bertz CT molecular complexity index is 305. The number of nitrogens with one attached hydrogen (secondary N) is 1. The van der Waals surface area contributed by atoms with Crippen molar-refractivity contribution in [1.82, 2.24) is 5.64 Å². The molecule has 78 valence electrons. The van der Waals surface area contributed by atoms with E-state index in [1.54, 1.807) is 6.07 Å². The van der Waals surface area contributed by atoms with Crippen LogP contribution in [0.2, 0.25) is 0 Å². The van der Waals surface area contributed by atoms with Crippen molar-refractivity contribution in [2.75, 3.05) is 7.11 Å². The van der Waals surface area contributed by atoms with Gasteiger partial charge in [0.05, 0.1) is 7.11 Å². The van der Waals surface area contributed by atoms with Crippen LogP contribution in [0.25, 0.3) is 0 Å². The highest BCUT2D eigenvalue weighted by Crippen LogP contribution is 2.26. The highest BCUT2D eigenvalue weighted by molar-refractivity contribution is 5.85. The fourth-order valence-corrected chi connectivity index (χ4v) is 0.891. The highest BCUT2D eigenvalue weighted by atomic mass is 35.5. The summed E-state index contributed by atoms with van der Waals surface area (Å²) >= 11 is 0. The number of carbonyl (C=O) groups excluding carboxylic acids is 1. The quantitative estimate of drug-likeness (QED) is 0.588. The Morgan fingerprint density at radius 2 is 2.14 bits per heavy atom. The first-order valence-corrected chi connectivity index (χ1v) is 3.51. The number of benzene rings is 1. The molecular formula is C8H10ClNO4. The van der Waals surface area contributed by atoms with E-state index in [-0.39, 0.29) is 12.4 Å². The standard InChI is InChI=1S/C8H9NO4.ClH/c1-12-8-4-6(5-10)2-3-7(8)13-9-11;/h2-5,9,11H,1H3;1H. The van der Waals surface area contributed by atoms with E-state index in [2.05, 4.69) is 4.84 Å². The maximum absolute atomic E-state index is 10.4. The Morgan fingerprint density at radius 3 is 2.64 bits per heavy atom. The van der Waals surface area contributed by atoms with E-state index in [0.717, 1.165) is 0 Å². The van der Waals surface area contributed by atoms with Crippen molar-refractivity contribution in [3.8, 4) is 11.5 Å². The Morgan fingerprint density at radius 1 is 1.43 bits per heavy atom. The number of rotatable bonds is 4. The molecule has 14 heavy (non-hydrogen) atoms. The van der Waals surface area contributed by atoms with Crippen molar-refractivity contribution in [2.24, 2.45) is 0 Å². The first-order valence-electron chi connectivity index (χ1n) is 3.51. The average Bonchev–Trinajstić information content (AvgIpc) is 2.19. The number of halogens is 1. The normalized spacial score (nSPS) is 8.71. The van der Waals surface area contributed by atoms with Gasteiger partial charge in [-0.05, 0) is 23.8 Å². The van der Waals surface area contributed by atoms with Crippen LogP contribution in [0.3, 0.4) is 0 Å². The van der Waals surface area contributed by atoms with Gasteiger partial charge < -0.3 is 9.57 Å². The smallest absolute Gasteiger partial charge is 0.192 e. The lowest BCUT2D eigenvalue weighted by molar-refractivity contribution is -0.0450. The van der Waals surface area contributed by atoms with Crippen LogP contribution in [0.1, 0.15) is 10.4 Å². The molecular weight excluding hydrogens is 210 g/mol. The molecule has 0 unspecified atom stereocenters. The first-order chi connectivity index (χ1) is 6.31. The van der Waals surface area contributed by atoms with Crippen molar-refractivity contribution < 1.29 is 19.6 Å². The maximum atomic E-state index is 10.4. The van der Waals surface area contributed by atoms with Crippen molar-refractivity contribution in [2.45, 2.75) is 0 Å². The summed E-state index contributed by atoms with van der Waals surface area (Å²) in [6.45, 7) is 0. The summed E-state index contributed by atoms with van der Waals surface area (Å²) in [6.07, 6.45) is 0.693. The molecule has 0 amide bonds. The molecule has 6 heteroatoms. The summed E-state index contributed by atoms with van der Waals surface area (Å²) in [6, 6.07) is 4.55. The Hall–Kier alpha value is -1.30. The number of hydrogen-bond acceptors (Lipinski definition) is 5. The SMILES string of the molecule is COc1cc(C=O)ccc1ONO.Cl. The summed E-state index contributed by atoms with van der Waals surface area (Å²) in [5.41, 5.74) is 2.00. The highest BCUT2D eigenvalue weighted by Gasteiger charge is 2.04. The van der Waals surface area contributed by atoms with E-state index in [1.165, 1.54) is 24.9 Å². The molecule has 0 saturated carbocycles.